The number of carbonyl (C=O) groups is 2. The highest BCUT2D eigenvalue weighted by atomic mass is 16.4. The van der Waals surface area contributed by atoms with Crippen LogP contribution in [0.1, 0.15) is 36.0 Å². The largest absolute Gasteiger partial charge is 0.478 e. The first kappa shape index (κ1) is 11.7. The summed E-state index contributed by atoms with van der Waals surface area (Å²) >= 11 is 0. The van der Waals surface area contributed by atoms with Gasteiger partial charge in [0.2, 0.25) is 5.91 Å². The molecular formula is C12H16N2O3. The van der Waals surface area contributed by atoms with Gasteiger partial charge in [0.25, 0.3) is 0 Å². The lowest BCUT2D eigenvalue weighted by Gasteiger charge is -2.11. The Morgan fingerprint density at radius 1 is 1.41 bits per heavy atom. The molecule has 0 spiro atoms. The Morgan fingerprint density at radius 3 is 2.71 bits per heavy atom. The van der Waals surface area contributed by atoms with Crippen molar-refractivity contribution in [2.24, 2.45) is 0 Å². The summed E-state index contributed by atoms with van der Waals surface area (Å²) in [5, 5.41) is 11.7. The SMILES string of the molecule is O=C(Cn1ccc(C(=O)O)c1)NC1CCCC1. The summed E-state index contributed by atoms with van der Waals surface area (Å²) in [6, 6.07) is 1.79. The molecule has 1 aromatic heterocycles. The van der Waals surface area contributed by atoms with Crippen molar-refractivity contribution in [2.45, 2.75) is 38.3 Å². The highest BCUT2D eigenvalue weighted by molar-refractivity contribution is 5.87. The maximum atomic E-state index is 11.7. The molecule has 1 aliphatic rings. The average molecular weight is 236 g/mol. The van der Waals surface area contributed by atoms with Gasteiger partial charge in [-0.3, -0.25) is 4.79 Å². The number of aromatic nitrogens is 1. The number of carboxylic acid groups (broad SMARTS) is 1. The van der Waals surface area contributed by atoms with Gasteiger partial charge in [-0.1, -0.05) is 12.8 Å². The normalized spacial score (nSPS) is 16.0. The molecule has 1 aliphatic carbocycles. The molecule has 5 nitrogen and oxygen atoms in total. The van der Waals surface area contributed by atoms with Gasteiger partial charge >= 0.3 is 5.97 Å². The quantitative estimate of drug-likeness (QED) is 0.826. The van der Waals surface area contributed by atoms with Crippen LogP contribution in [0.3, 0.4) is 0 Å². The molecule has 1 saturated carbocycles. The van der Waals surface area contributed by atoms with Gasteiger partial charge in [-0.25, -0.2) is 4.79 Å². The number of aromatic carboxylic acids is 1. The second kappa shape index (κ2) is 5.03. The Bertz CT molecular complexity index is 419. The summed E-state index contributed by atoms with van der Waals surface area (Å²) in [5.41, 5.74) is 0.207. The van der Waals surface area contributed by atoms with Crippen LogP contribution >= 0.6 is 0 Å². The number of nitrogens with one attached hydrogen (secondary N) is 1. The molecule has 92 valence electrons. The Morgan fingerprint density at radius 2 is 2.12 bits per heavy atom. The molecule has 1 aromatic rings. The fourth-order valence-corrected chi connectivity index (χ4v) is 2.17. The van der Waals surface area contributed by atoms with Crippen LogP contribution in [0, 0.1) is 0 Å². The van der Waals surface area contributed by atoms with Crippen LogP contribution in [0.15, 0.2) is 18.5 Å². The van der Waals surface area contributed by atoms with Gasteiger partial charge in [0.1, 0.15) is 6.54 Å². The molecule has 2 rings (SSSR count). The highest BCUT2D eigenvalue weighted by Crippen LogP contribution is 2.17. The number of amides is 1. The first-order valence-corrected chi connectivity index (χ1v) is 5.83. The van der Waals surface area contributed by atoms with Crippen LogP contribution in [-0.2, 0) is 11.3 Å². The summed E-state index contributed by atoms with van der Waals surface area (Å²) in [4.78, 5) is 22.3. The topological polar surface area (TPSA) is 71.3 Å². The number of hydrogen-bond acceptors (Lipinski definition) is 2. The molecule has 0 aromatic carbocycles. The van der Waals surface area contributed by atoms with Crippen molar-refractivity contribution < 1.29 is 14.7 Å². The molecular weight excluding hydrogens is 220 g/mol. The molecule has 1 heterocycles. The van der Waals surface area contributed by atoms with E-state index in [4.69, 9.17) is 5.11 Å². The minimum Gasteiger partial charge on any atom is -0.478 e. The number of carbonyl (C=O) groups excluding carboxylic acids is 1. The minimum absolute atomic E-state index is 0.0514. The summed E-state index contributed by atoms with van der Waals surface area (Å²) in [5.74, 6) is -1.02. The second-order valence-corrected chi connectivity index (χ2v) is 4.43. The number of rotatable bonds is 4. The molecule has 1 amide bonds. The Balaban J connectivity index is 1.86. The van der Waals surface area contributed by atoms with E-state index in [2.05, 4.69) is 5.32 Å². The molecule has 0 atom stereocenters. The zero-order valence-electron chi connectivity index (χ0n) is 9.56. The molecule has 0 bridgehead atoms. The van der Waals surface area contributed by atoms with E-state index in [0.29, 0.717) is 6.04 Å². The van der Waals surface area contributed by atoms with Crippen LogP contribution in [-0.4, -0.2) is 27.6 Å². The smallest absolute Gasteiger partial charge is 0.337 e. The average Bonchev–Trinajstić information content (AvgIpc) is 2.88. The van der Waals surface area contributed by atoms with Crippen molar-refractivity contribution >= 4 is 11.9 Å². The molecule has 0 radical (unpaired) electrons. The maximum absolute atomic E-state index is 11.7. The number of nitrogens with zero attached hydrogens (tertiary/aromatic N) is 1. The zero-order chi connectivity index (χ0) is 12.3. The Kier molecular flexibility index (Phi) is 3.46. The third kappa shape index (κ3) is 3.09. The third-order valence-corrected chi connectivity index (χ3v) is 3.04. The first-order valence-electron chi connectivity index (χ1n) is 5.83. The first-order chi connectivity index (χ1) is 8.15. The lowest BCUT2D eigenvalue weighted by Crippen LogP contribution is -2.34. The monoisotopic (exact) mass is 236 g/mol. The fourth-order valence-electron chi connectivity index (χ4n) is 2.17. The van der Waals surface area contributed by atoms with Gasteiger partial charge in [-0.2, -0.15) is 0 Å². The van der Waals surface area contributed by atoms with E-state index in [-0.39, 0.29) is 18.0 Å². The molecule has 2 N–H and O–H groups in total. The van der Waals surface area contributed by atoms with Gasteiger partial charge in [0.15, 0.2) is 0 Å². The van der Waals surface area contributed by atoms with E-state index in [0.717, 1.165) is 12.8 Å². The molecule has 17 heavy (non-hydrogen) atoms. The summed E-state index contributed by atoms with van der Waals surface area (Å²) in [6.45, 7) is 0.184. The lowest BCUT2D eigenvalue weighted by atomic mass is 10.2. The van der Waals surface area contributed by atoms with Gasteiger partial charge in [-0.05, 0) is 18.9 Å². The van der Waals surface area contributed by atoms with E-state index in [1.807, 2.05) is 0 Å². The lowest BCUT2D eigenvalue weighted by molar-refractivity contribution is -0.122. The maximum Gasteiger partial charge on any atom is 0.337 e. The van der Waals surface area contributed by atoms with Crippen molar-refractivity contribution in [3.8, 4) is 0 Å². The molecule has 1 fully saturated rings. The summed E-state index contributed by atoms with van der Waals surface area (Å²) < 4.78 is 1.59. The molecule has 0 aliphatic heterocycles. The number of hydrogen-bond donors (Lipinski definition) is 2. The fraction of sp³-hybridized carbons (Fsp3) is 0.500. The van der Waals surface area contributed by atoms with E-state index in [1.54, 1.807) is 10.8 Å². The van der Waals surface area contributed by atoms with Crippen molar-refractivity contribution in [3.63, 3.8) is 0 Å². The van der Waals surface area contributed by atoms with Crippen LogP contribution in [0.5, 0.6) is 0 Å². The van der Waals surface area contributed by atoms with E-state index >= 15 is 0 Å². The standard InChI is InChI=1S/C12H16N2O3/c15-11(13-10-3-1-2-4-10)8-14-6-5-9(7-14)12(16)17/h5-7,10H,1-4,8H2,(H,13,15)(H,16,17). The summed E-state index contributed by atoms with van der Waals surface area (Å²) in [7, 11) is 0. The molecule has 0 saturated heterocycles. The zero-order valence-corrected chi connectivity index (χ0v) is 9.56. The van der Waals surface area contributed by atoms with E-state index in [1.165, 1.54) is 25.1 Å². The Labute approximate surface area is 99.4 Å². The van der Waals surface area contributed by atoms with Crippen molar-refractivity contribution in [2.75, 3.05) is 0 Å². The van der Waals surface area contributed by atoms with Crippen molar-refractivity contribution in [3.05, 3.63) is 24.0 Å². The van der Waals surface area contributed by atoms with E-state index in [9.17, 15) is 9.59 Å². The van der Waals surface area contributed by atoms with Crippen molar-refractivity contribution in [1.29, 1.82) is 0 Å². The molecule has 5 heteroatoms. The third-order valence-electron chi connectivity index (χ3n) is 3.04. The minimum atomic E-state index is -0.972. The van der Waals surface area contributed by atoms with Gasteiger partial charge in [0.05, 0.1) is 5.56 Å². The summed E-state index contributed by atoms with van der Waals surface area (Å²) in [6.07, 6.45) is 7.54. The molecule has 0 unspecified atom stereocenters. The predicted octanol–water partition coefficient (Wildman–Crippen LogP) is 1.25. The van der Waals surface area contributed by atoms with Crippen LogP contribution in [0.2, 0.25) is 0 Å². The predicted molar refractivity (Wildman–Crippen MR) is 61.8 cm³/mol. The van der Waals surface area contributed by atoms with Gasteiger partial charge < -0.3 is 15.0 Å². The van der Waals surface area contributed by atoms with Crippen molar-refractivity contribution in [1.82, 2.24) is 9.88 Å². The van der Waals surface area contributed by atoms with E-state index < -0.39 is 5.97 Å². The van der Waals surface area contributed by atoms with Crippen LogP contribution in [0.25, 0.3) is 0 Å². The highest BCUT2D eigenvalue weighted by Gasteiger charge is 2.17. The second-order valence-electron chi connectivity index (χ2n) is 4.43. The van der Waals surface area contributed by atoms with Crippen LogP contribution in [0.4, 0.5) is 0 Å². The Hall–Kier alpha value is -1.78. The number of carboxylic acids is 1. The van der Waals surface area contributed by atoms with Gasteiger partial charge in [0, 0.05) is 18.4 Å². The van der Waals surface area contributed by atoms with Gasteiger partial charge in [-0.15, -0.1) is 0 Å². The van der Waals surface area contributed by atoms with Crippen LogP contribution < -0.4 is 5.32 Å².